The van der Waals surface area contributed by atoms with E-state index in [-0.39, 0.29) is 5.91 Å². The molecule has 9 nitrogen and oxygen atoms in total. The average molecular weight is 436 g/mol. The molecule has 0 aliphatic rings. The van der Waals surface area contributed by atoms with Crippen LogP contribution < -0.4 is 14.8 Å². The highest BCUT2D eigenvalue weighted by Gasteiger charge is 2.18. The fourth-order valence-corrected chi connectivity index (χ4v) is 3.58. The summed E-state index contributed by atoms with van der Waals surface area (Å²) >= 11 is 1.07. The monoisotopic (exact) mass is 436 g/mol. The quantitative estimate of drug-likeness (QED) is 0.492. The Hall–Kier alpha value is -3.79. The van der Waals surface area contributed by atoms with Crippen LogP contribution in [-0.4, -0.2) is 44.5 Å². The lowest BCUT2D eigenvalue weighted by Crippen LogP contribution is -2.12. The molecule has 1 N–H and O–H groups in total. The van der Waals surface area contributed by atoms with Crippen LogP contribution in [0, 0.1) is 13.8 Å². The number of hydrogen-bond acceptors (Lipinski definition) is 8. The van der Waals surface area contributed by atoms with Crippen LogP contribution in [0.2, 0.25) is 0 Å². The van der Waals surface area contributed by atoms with Gasteiger partial charge in [-0.15, -0.1) is 5.10 Å². The number of rotatable bonds is 6. The smallest absolute Gasteiger partial charge is 0.257 e. The Bertz CT molecular complexity index is 1230. The first-order valence-electron chi connectivity index (χ1n) is 9.36. The Balaban J connectivity index is 1.56. The highest BCUT2D eigenvalue weighted by Crippen LogP contribution is 2.26. The van der Waals surface area contributed by atoms with Crippen LogP contribution in [0.25, 0.3) is 17.2 Å². The van der Waals surface area contributed by atoms with Gasteiger partial charge in [-0.25, -0.2) is 4.68 Å². The van der Waals surface area contributed by atoms with Crippen LogP contribution in [0.3, 0.4) is 0 Å². The maximum atomic E-state index is 12.7. The molecule has 0 saturated heterocycles. The van der Waals surface area contributed by atoms with Gasteiger partial charge in [0.1, 0.15) is 11.5 Å². The number of benzene rings is 2. The van der Waals surface area contributed by atoms with Crippen molar-refractivity contribution < 1.29 is 14.3 Å². The Morgan fingerprint density at radius 1 is 1.06 bits per heavy atom. The predicted molar refractivity (Wildman–Crippen MR) is 117 cm³/mol. The number of amides is 1. The van der Waals surface area contributed by atoms with E-state index in [1.165, 1.54) is 14.2 Å². The van der Waals surface area contributed by atoms with Crippen molar-refractivity contribution in [3.05, 3.63) is 59.3 Å². The van der Waals surface area contributed by atoms with E-state index in [0.717, 1.165) is 28.5 Å². The third-order valence-corrected chi connectivity index (χ3v) is 5.24. The van der Waals surface area contributed by atoms with Gasteiger partial charge in [0, 0.05) is 23.2 Å². The third kappa shape index (κ3) is 4.24. The molecular formula is C21H20N6O3S. The summed E-state index contributed by atoms with van der Waals surface area (Å²) in [5.74, 6) is 1.09. The first-order chi connectivity index (χ1) is 15.0. The lowest BCUT2D eigenvalue weighted by Gasteiger charge is -2.07. The second-order valence-corrected chi connectivity index (χ2v) is 7.50. The summed E-state index contributed by atoms with van der Waals surface area (Å²) < 4.78 is 16.5. The fourth-order valence-electron chi connectivity index (χ4n) is 3.02. The van der Waals surface area contributed by atoms with Crippen LogP contribution in [-0.2, 0) is 0 Å². The molecule has 2 heterocycles. The average Bonchev–Trinajstić information content (AvgIpc) is 3.39. The van der Waals surface area contributed by atoms with Crippen molar-refractivity contribution in [2.75, 3.05) is 19.5 Å². The van der Waals surface area contributed by atoms with Gasteiger partial charge < -0.3 is 9.47 Å². The molecule has 0 spiro atoms. The van der Waals surface area contributed by atoms with Gasteiger partial charge in [0.05, 0.1) is 25.6 Å². The number of aryl methyl sites for hydroxylation is 1. The number of hydrogen-bond donors (Lipinski definition) is 1. The summed E-state index contributed by atoms with van der Waals surface area (Å²) in [4.78, 5) is 17.1. The number of aromatic nitrogens is 5. The molecule has 2 aromatic carbocycles. The SMILES string of the molecule is COc1cc(OC)cc(C(=O)Nc2nc(-c3nnn(-c4cccc(C)c4)c3C)ns2)c1. The number of carbonyl (C=O) groups excluding carboxylic acids is 1. The van der Waals surface area contributed by atoms with E-state index in [0.29, 0.717) is 33.7 Å². The first kappa shape index (κ1) is 20.5. The van der Waals surface area contributed by atoms with E-state index in [2.05, 4.69) is 25.0 Å². The normalized spacial score (nSPS) is 10.7. The minimum absolute atomic E-state index is 0.347. The topological polar surface area (TPSA) is 104 Å². The minimum atomic E-state index is -0.347. The summed E-state index contributed by atoms with van der Waals surface area (Å²) in [5, 5.41) is 11.6. The summed E-state index contributed by atoms with van der Waals surface area (Å²) in [5.41, 5.74) is 3.78. The van der Waals surface area contributed by atoms with Crippen molar-refractivity contribution in [3.8, 4) is 28.7 Å². The zero-order chi connectivity index (χ0) is 22.0. The van der Waals surface area contributed by atoms with Crippen molar-refractivity contribution in [1.29, 1.82) is 0 Å². The summed E-state index contributed by atoms with van der Waals surface area (Å²) in [6, 6.07) is 12.9. The molecule has 4 aromatic rings. The van der Waals surface area contributed by atoms with Gasteiger partial charge in [0.25, 0.3) is 5.91 Å². The molecular weight excluding hydrogens is 416 g/mol. The summed E-state index contributed by atoms with van der Waals surface area (Å²) in [6.45, 7) is 3.92. The molecule has 0 fully saturated rings. The van der Waals surface area contributed by atoms with Crippen LogP contribution in [0.15, 0.2) is 42.5 Å². The first-order valence-corrected chi connectivity index (χ1v) is 10.1. The summed E-state index contributed by atoms with van der Waals surface area (Å²) in [6.07, 6.45) is 0. The third-order valence-electron chi connectivity index (χ3n) is 4.61. The molecule has 31 heavy (non-hydrogen) atoms. The Kier molecular flexibility index (Phi) is 5.63. The lowest BCUT2D eigenvalue weighted by molar-refractivity contribution is 0.102. The van der Waals surface area contributed by atoms with E-state index in [1.54, 1.807) is 22.9 Å². The van der Waals surface area contributed by atoms with E-state index in [4.69, 9.17) is 9.47 Å². The molecule has 1 amide bonds. The number of methoxy groups -OCH3 is 2. The van der Waals surface area contributed by atoms with Gasteiger partial charge in [-0.2, -0.15) is 9.36 Å². The lowest BCUT2D eigenvalue weighted by atomic mass is 10.2. The minimum Gasteiger partial charge on any atom is -0.497 e. The maximum Gasteiger partial charge on any atom is 0.257 e. The van der Waals surface area contributed by atoms with E-state index in [9.17, 15) is 4.79 Å². The number of carbonyl (C=O) groups is 1. The Morgan fingerprint density at radius 2 is 1.81 bits per heavy atom. The number of nitrogens with zero attached hydrogens (tertiary/aromatic N) is 5. The number of anilines is 1. The zero-order valence-electron chi connectivity index (χ0n) is 17.4. The summed E-state index contributed by atoms with van der Waals surface area (Å²) in [7, 11) is 3.06. The van der Waals surface area contributed by atoms with E-state index < -0.39 is 0 Å². The molecule has 0 aliphatic heterocycles. The van der Waals surface area contributed by atoms with Crippen LogP contribution in [0.4, 0.5) is 5.13 Å². The predicted octanol–water partition coefficient (Wildman–Crippen LogP) is 3.67. The van der Waals surface area contributed by atoms with Crippen molar-refractivity contribution in [1.82, 2.24) is 24.4 Å². The molecule has 0 radical (unpaired) electrons. The van der Waals surface area contributed by atoms with E-state index >= 15 is 0 Å². The Labute approximate surface area is 182 Å². The van der Waals surface area contributed by atoms with Crippen LogP contribution >= 0.6 is 11.5 Å². The molecule has 158 valence electrons. The highest BCUT2D eigenvalue weighted by molar-refractivity contribution is 7.10. The van der Waals surface area contributed by atoms with Gasteiger partial charge in [-0.05, 0) is 43.7 Å². The standard InChI is InChI=1S/C21H20N6O3S/c1-12-6-5-7-15(8-12)27-13(2)18(24-26-27)19-22-21(31-25-19)23-20(28)14-9-16(29-3)11-17(10-14)30-4/h5-11H,1-4H3,(H,22,23,25,28). The van der Waals surface area contributed by atoms with E-state index in [1.807, 2.05) is 38.1 Å². The van der Waals surface area contributed by atoms with Crippen LogP contribution in [0.1, 0.15) is 21.6 Å². The molecule has 4 rings (SSSR count). The zero-order valence-corrected chi connectivity index (χ0v) is 18.2. The largest absolute Gasteiger partial charge is 0.497 e. The van der Waals surface area contributed by atoms with Crippen molar-refractivity contribution >= 4 is 22.6 Å². The molecule has 0 saturated carbocycles. The fraction of sp³-hybridized carbons (Fsp3) is 0.190. The maximum absolute atomic E-state index is 12.7. The van der Waals surface area contributed by atoms with Crippen molar-refractivity contribution in [2.24, 2.45) is 0 Å². The molecule has 0 atom stereocenters. The van der Waals surface area contributed by atoms with Crippen molar-refractivity contribution in [2.45, 2.75) is 13.8 Å². The van der Waals surface area contributed by atoms with Crippen LogP contribution in [0.5, 0.6) is 11.5 Å². The molecule has 10 heteroatoms. The van der Waals surface area contributed by atoms with Gasteiger partial charge in [0.15, 0.2) is 11.5 Å². The molecule has 0 aliphatic carbocycles. The second kappa shape index (κ2) is 8.52. The van der Waals surface area contributed by atoms with Gasteiger partial charge in [-0.1, -0.05) is 17.3 Å². The molecule has 2 aromatic heterocycles. The van der Waals surface area contributed by atoms with Gasteiger partial charge in [0.2, 0.25) is 5.13 Å². The molecule has 0 bridgehead atoms. The van der Waals surface area contributed by atoms with Crippen molar-refractivity contribution in [3.63, 3.8) is 0 Å². The highest BCUT2D eigenvalue weighted by atomic mass is 32.1. The molecule has 0 unspecified atom stereocenters. The van der Waals surface area contributed by atoms with Gasteiger partial charge in [-0.3, -0.25) is 10.1 Å². The van der Waals surface area contributed by atoms with Gasteiger partial charge >= 0.3 is 0 Å². The Morgan fingerprint density at radius 3 is 2.48 bits per heavy atom. The number of ether oxygens (including phenoxy) is 2. The number of nitrogens with one attached hydrogen (secondary N) is 1. The second-order valence-electron chi connectivity index (χ2n) is 6.75.